The van der Waals surface area contributed by atoms with Crippen LogP contribution in [-0.2, 0) is 19.1 Å². The zero-order valence-electron chi connectivity index (χ0n) is 13.9. The molecular formula is C17H26N2O5. The first-order chi connectivity index (χ1) is 11.6. The van der Waals surface area contributed by atoms with Crippen LogP contribution in [0.3, 0.4) is 0 Å². The maximum Gasteiger partial charge on any atom is 0.316 e. The molecule has 134 valence electrons. The van der Waals surface area contributed by atoms with E-state index in [1.807, 2.05) is 0 Å². The normalized spacial score (nSPS) is 29.6. The number of Topliss-reactive ketones (excluding diaryl/α,β-unsaturated/α-hetero) is 2. The van der Waals surface area contributed by atoms with Gasteiger partial charge in [0.25, 0.3) is 0 Å². The number of hydrogen-bond acceptors (Lipinski definition) is 5. The molecule has 0 radical (unpaired) electrons. The zero-order chi connectivity index (χ0) is 17.1. The van der Waals surface area contributed by atoms with Gasteiger partial charge in [0.15, 0.2) is 11.6 Å². The predicted molar refractivity (Wildman–Crippen MR) is 85.3 cm³/mol. The molecule has 3 aliphatic heterocycles. The number of ether oxygens (including phenoxy) is 2. The molecule has 0 bridgehead atoms. The molecule has 3 fully saturated rings. The van der Waals surface area contributed by atoms with Crippen molar-refractivity contribution >= 4 is 17.6 Å². The predicted octanol–water partition coefficient (Wildman–Crippen LogP) is 0.889. The molecule has 0 spiro atoms. The molecule has 2 N–H and O–H groups in total. The lowest BCUT2D eigenvalue weighted by atomic mass is 9.90. The van der Waals surface area contributed by atoms with Crippen LogP contribution >= 0.6 is 0 Å². The van der Waals surface area contributed by atoms with E-state index in [0.717, 1.165) is 0 Å². The molecule has 3 saturated heterocycles. The fraction of sp³-hybridized carbons (Fsp3) is 0.824. The molecule has 2 atom stereocenters. The lowest BCUT2D eigenvalue weighted by molar-refractivity contribution is -0.132. The van der Waals surface area contributed by atoms with Gasteiger partial charge in [0.05, 0.1) is 12.1 Å². The fourth-order valence-corrected chi connectivity index (χ4v) is 4.19. The fourth-order valence-electron chi connectivity index (χ4n) is 4.19. The van der Waals surface area contributed by atoms with E-state index in [-0.39, 0.29) is 23.4 Å². The van der Waals surface area contributed by atoms with Gasteiger partial charge in [-0.05, 0) is 38.5 Å². The number of ketones is 2. The number of carbonyl (C=O) groups excluding carboxylic acids is 3. The van der Waals surface area contributed by atoms with Crippen molar-refractivity contribution in [1.29, 1.82) is 0 Å². The van der Waals surface area contributed by atoms with Crippen molar-refractivity contribution in [1.82, 2.24) is 4.90 Å². The van der Waals surface area contributed by atoms with Crippen molar-refractivity contribution in [3.8, 4) is 0 Å². The quantitative estimate of drug-likeness (QED) is 0.821. The monoisotopic (exact) mass is 338 g/mol. The number of rotatable bonds is 4. The lowest BCUT2D eigenvalue weighted by Gasteiger charge is -2.32. The second-order valence-corrected chi connectivity index (χ2v) is 6.93. The van der Waals surface area contributed by atoms with E-state index in [2.05, 4.69) is 0 Å². The highest BCUT2D eigenvalue weighted by Gasteiger charge is 2.46. The molecule has 7 heteroatoms. The standard InChI is InChI=1S/C17H26N2O5/c18-17(22)19-13(15(20)11-3-7-23-8-4-11)1-2-14(19)16(21)12-5-9-24-10-6-12/h11-14H,1-10H2,(H2,18,22). The summed E-state index contributed by atoms with van der Waals surface area (Å²) in [5.74, 6) is -0.108. The van der Waals surface area contributed by atoms with Crippen LogP contribution in [0.5, 0.6) is 0 Å². The van der Waals surface area contributed by atoms with Gasteiger partial charge in [0.2, 0.25) is 0 Å². The van der Waals surface area contributed by atoms with Crippen LogP contribution in [0.4, 0.5) is 4.79 Å². The minimum atomic E-state index is -0.664. The number of carbonyl (C=O) groups is 3. The summed E-state index contributed by atoms with van der Waals surface area (Å²) in [5.41, 5.74) is 5.55. The Bertz CT molecular complexity index is 459. The highest BCUT2D eigenvalue weighted by atomic mass is 16.5. The Morgan fingerprint density at radius 3 is 1.42 bits per heavy atom. The van der Waals surface area contributed by atoms with E-state index >= 15 is 0 Å². The molecule has 0 saturated carbocycles. The summed E-state index contributed by atoms with van der Waals surface area (Å²) >= 11 is 0. The van der Waals surface area contributed by atoms with E-state index in [1.54, 1.807) is 0 Å². The third-order valence-corrected chi connectivity index (χ3v) is 5.54. The number of nitrogens with zero attached hydrogens (tertiary/aromatic N) is 1. The number of primary amides is 1. The summed E-state index contributed by atoms with van der Waals surface area (Å²) in [6.07, 6.45) is 3.78. The summed E-state index contributed by atoms with van der Waals surface area (Å²) in [6, 6.07) is -1.78. The van der Waals surface area contributed by atoms with E-state index in [1.165, 1.54) is 4.90 Å². The molecule has 0 aromatic rings. The Hall–Kier alpha value is -1.47. The summed E-state index contributed by atoms with van der Waals surface area (Å²) in [7, 11) is 0. The minimum absolute atomic E-state index is 0.0411. The molecule has 7 nitrogen and oxygen atoms in total. The van der Waals surface area contributed by atoms with E-state index in [0.29, 0.717) is 65.0 Å². The number of hydrogen-bond donors (Lipinski definition) is 1. The third kappa shape index (κ3) is 3.47. The maximum absolute atomic E-state index is 12.8. The lowest BCUT2D eigenvalue weighted by Crippen LogP contribution is -2.53. The Morgan fingerprint density at radius 1 is 0.708 bits per heavy atom. The smallest absolute Gasteiger partial charge is 0.316 e. The van der Waals surface area contributed by atoms with Crippen molar-refractivity contribution in [2.24, 2.45) is 17.6 Å². The van der Waals surface area contributed by atoms with E-state index in [9.17, 15) is 14.4 Å². The van der Waals surface area contributed by atoms with Gasteiger partial charge in [-0.1, -0.05) is 0 Å². The van der Waals surface area contributed by atoms with Gasteiger partial charge in [-0.2, -0.15) is 0 Å². The second-order valence-electron chi connectivity index (χ2n) is 6.93. The van der Waals surface area contributed by atoms with Crippen molar-refractivity contribution in [2.75, 3.05) is 26.4 Å². The van der Waals surface area contributed by atoms with Gasteiger partial charge in [0.1, 0.15) is 0 Å². The largest absolute Gasteiger partial charge is 0.381 e. The SMILES string of the molecule is NC(=O)N1C(C(=O)C2CCOCC2)CCC1C(=O)C1CCOCC1. The Morgan fingerprint density at radius 2 is 1.08 bits per heavy atom. The number of urea groups is 1. The van der Waals surface area contributed by atoms with Crippen LogP contribution in [0.1, 0.15) is 38.5 Å². The Labute approximate surface area is 141 Å². The van der Waals surface area contributed by atoms with Gasteiger partial charge < -0.3 is 20.1 Å². The van der Waals surface area contributed by atoms with Crippen LogP contribution in [0.15, 0.2) is 0 Å². The first-order valence-corrected chi connectivity index (χ1v) is 8.90. The highest BCUT2D eigenvalue weighted by molar-refractivity contribution is 5.96. The van der Waals surface area contributed by atoms with Gasteiger partial charge in [-0.3, -0.25) is 9.59 Å². The molecule has 3 heterocycles. The van der Waals surface area contributed by atoms with E-state index < -0.39 is 18.1 Å². The number of likely N-dealkylation sites (tertiary alicyclic amines) is 1. The number of nitrogens with two attached hydrogens (primary N) is 1. The van der Waals surface area contributed by atoms with E-state index in [4.69, 9.17) is 15.2 Å². The topological polar surface area (TPSA) is 98.9 Å². The first-order valence-electron chi connectivity index (χ1n) is 8.90. The average molecular weight is 338 g/mol. The van der Waals surface area contributed by atoms with Crippen LogP contribution in [0.2, 0.25) is 0 Å². The highest BCUT2D eigenvalue weighted by Crippen LogP contribution is 2.32. The van der Waals surface area contributed by atoms with Crippen molar-refractivity contribution in [3.05, 3.63) is 0 Å². The summed E-state index contributed by atoms with van der Waals surface area (Å²) in [4.78, 5) is 39.0. The van der Waals surface area contributed by atoms with Gasteiger partial charge in [-0.15, -0.1) is 0 Å². The molecule has 3 aliphatic rings. The average Bonchev–Trinajstić information content (AvgIpc) is 3.07. The van der Waals surface area contributed by atoms with Gasteiger partial charge >= 0.3 is 6.03 Å². The van der Waals surface area contributed by atoms with Crippen molar-refractivity contribution < 1.29 is 23.9 Å². The second kappa shape index (κ2) is 7.61. The Kier molecular flexibility index (Phi) is 5.50. The summed E-state index contributed by atoms with van der Waals surface area (Å²) in [6.45, 7) is 2.29. The zero-order valence-corrected chi connectivity index (χ0v) is 13.9. The Balaban J connectivity index is 1.71. The van der Waals surface area contributed by atoms with Crippen molar-refractivity contribution in [3.63, 3.8) is 0 Å². The number of amides is 2. The molecule has 2 unspecified atom stereocenters. The molecule has 0 aliphatic carbocycles. The first kappa shape index (κ1) is 17.4. The van der Waals surface area contributed by atoms with Crippen LogP contribution in [-0.4, -0.2) is 61.0 Å². The summed E-state index contributed by atoms with van der Waals surface area (Å²) in [5, 5.41) is 0. The van der Waals surface area contributed by atoms with Crippen LogP contribution in [0, 0.1) is 11.8 Å². The van der Waals surface area contributed by atoms with Crippen LogP contribution in [0.25, 0.3) is 0 Å². The maximum atomic E-state index is 12.8. The molecular weight excluding hydrogens is 312 g/mol. The molecule has 24 heavy (non-hydrogen) atoms. The minimum Gasteiger partial charge on any atom is -0.381 e. The van der Waals surface area contributed by atoms with Gasteiger partial charge in [-0.25, -0.2) is 4.79 Å². The molecule has 0 aromatic carbocycles. The van der Waals surface area contributed by atoms with Gasteiger partial charge in [0, 0.05) is 38.3 Å². The summed E-state index contributed by atoms with van der Waals surface area (Å²) < 4.78 is 10.6. The molecule has 3 rings (SSSR count). The van der Waals surface area contributed by atoms with Crippen molar-refractivity contribution in [2.45, 2.75) is 50.6 Å². The third-order valence-electron chi connectivity index (χ3n) is 5.54. The molecule has 0 aromatic heterocycles. The van der Waals surface area contributed by atoms with Crippen LogP contribution < -0.4 is 5.73 Å². The molecule has 2 amide bonds.